The fourth-order valence-electron chi connectivity index (χ4n) is 3.15. The fraction of sp³-hybridized carbons (Fsp3) is 0.750. The monoisotopic (exact) mass is 483 g/mol. The predicted octanol–water partition coefficient (Wildman–Crippen LogP) is 1.41. The topological polar surface area (TPSA) is 88.4 Å². The summed E-state index contributed by atoms with van der Waals surface area (Å²) in [5, 5.41) is 11.0. The lowest BCUT2D eigenvalue weighted by Crippen LogP contribution is -2.44. The first-order chi connectivity index (χ1) is 11.4. The highest BCUT2D eigenvalue weighted by molar-refractivity contribution is 14.0. The van der Waals surface area contributed by atoms with E-state index < -0.39 is 9.84 Å². The van der Waals surface area contributed by atoms with Crippen LogP contribution in [0, 0.1) is 0 Å². The lowest BCUT2D eigenvalue weighted by Gasteiger charge is -2.16. The number of hydrogen-bond donors (Lipinski definition) is 2. The van der Waals surface area contributed by atoms with Crippen LogP contribution in [0.3, 0.4) is 0 Å². The summed E-state index contributed by atoms with van der Waals surface area (Å²) in [5.41, 5.74) is 3.46. The van der Waals surface area contributed by atoms with E-state index in [-0.39, 0.29) is 41.5 Å². The van der Waals surface area contributed by atoms with Crippen LogP contribution in [-0.4, -0.2) is 48.3 Å². The molecule has 1 aliphatic heterocycles. The van der Waals surface area contributed by atoms with Crippen molar-refractivity contribution in [3.8, 4) is 0 Å². The largest absolute Gasteiger partial charge is 0.357 e. The summed E-state index contributed by atoms with van der Waals surface area (Å²) in [6.45, 7) is 7.51. The molecule has 1 saturated heterocycles. The molecule has 1 aliphatic rings. The van der Waals surface area contributed by atoms with Crippen LogP contribution in [0.2, 0.25) is 0 Å². The Morgan fingerprint density at radius 2 is 2.04 bits per heavy atom. The van der Waals surface area contributed by atoms with Gasteiger partial charge in [-0.1, -0.05) is 13.8 Å². The standard InChI is InChI=1S/C16H29N5O2S.HI/c1-5-14-13(15(6-2)21(4)20-14)10-18-16(17-7-3)19-12-8-9-24(22,23)11-12;/h12H,5-11H2,1-4H3,(H2,17,18,19);1H. The van der Waals surface area contributed by atoms with Crippen LogP contribution in [-0.2, 0) is 36.3 Å². The van der Waals surface area contributed by atoms with Crippen molar-refractivity contribution in [1.29, 1.82) is 0 Å². The molecule has 2 rings (SSSR count). The minimum atomic E-state index is -2.90. The molecule has 1 aromatic rings. The SMILES string of the molecule is CCNC(=NCc1c(CC)nn(C)c1CC)NC1CCS(=O)(=O)C1.I. The summed E-state index contributed by atoms with van der Waals surface area (Å²) >= 11 is 0. The van der Waals surface area contributed by atoms with E-state index in [2.05, 4.69) is 34.6 Å². The lowest BCUT2D eigenvalue weighted by molar-refractivity contribution is 0.599. The van der Waals surface area contributed by atoms with Crippen molar-refractivity contribution in [2.75, 3.05) is 18.1 Å². The van der Waals surface area contributed by atoms with Gasteiger partial charge < -0.3 is 10.6 Å². The number of nitrogens with zero attached hydrogens (tertiary/aromatic N) is 3. The van der Waals surface area contributed by atoms with E-state index in [0.717, 1.165) is 25.1 Å². The van der Waals surface area contributed by atoms with Crippen LogP contribution < -0.4 is 10.6 Å². The molecule has 0 spiro atoms. The van der Waals surface area contributed by atoms with Gasteiger partial charge in [0.25, 0.3) is 0 Å². The Hall–Kier alpha value is -0.840. The van der Waals surface area contributed by atoms with E-state index in [1.165, 1.54) is 11.3 Å². The molecule has 25 heavy (non-hydrogen) atoms. The fourth-order valence-corrected chi connectivity index (χ4v) is 4.83. The molecule has 2 N–H and O–H groups in total. The molecule has 0 radical (unpaired) electrons. The predicted molar refractivity (Wildman–Crippen MR) is 112 cm³/mol. The van der Waals surface area contributed by atoms with E-state index >= 15 is 0 Å². The summed E-state index contributed by atoms with van der Waals surface area (Å²) in [7, 11) is -0.929. The van der Waals surface area contributed by atoms with E-state index in [0.29, 0.717) is 18.9 Å². The highest BCUT2D eigenvalue weighted by Crippen LogP contribution is 2.17. The first kappa shape index (κ1) is 22.2. The van der Waals surface area contributed by atoms with Gasteiger partial charge in [0, 0.05) is 30.9 Å². The van der Waals surface area contributed by atoms with Gasteiger partial charge in [-0.25, -0.2) is 13.4 Å². The van der Waals surface area contributed by atoms with E-state index in [1.54, 1.807) is 0 Å². The van der Waals surface area contributed by atoms with Gasteiger partial charge in [0.2, 0.25) is 0 Å². The Bertz CT molecular complexity index is 700. The molecular formula is C16H30IN5O2S. The van der Waals surface area contributed by atoms with E-state index in [1.807, 2.05) is 18.7 Å². The second-order valence-electron chi connectivity index (χ2n) is 6.14. The lowest BCUT2D eigenvalue weighted by atomic mass is 10.1. The van der Waals surface area contributed by atoms with Crippen molar-refractivity contribution < 1.29 is 8.42 Å². The molecule has 9 heteroatoms. The molecule has 0 aromatic carbocycles. The van der Waals surface area contributed by atoms with Gasteiger partial charge in [-0.05, 0) is 26.2 Å². The number of guanidine groups is 1. The first-order valence-electron chi connectivity index (χ1n) is 8.69. The first-order valence-corrected chi connectivity index (χ1v) is 10.5. The van der Waals surface area contributed by atoms with Gasteiger partial charge in [0.15, 0.2) is 15.8 Å². The van der Waals surface area contributed by atoms with Gasteiger partial charge in [-0.15, -0.1) is 24.0 Å². The van der Waals surface area contributed by atoms with Gasteiger partial charge in [0.1, 0.15) is 0 Å². The second-order valence-corrected chi connectivity index (χ2v) is 8.37. The summed E-state index contributed by atoms with van der Waals surface area (Å²) in [4.78, 5) is 4.67. The third kappa shape index (κ3) is 5.83. The molecule has 2 heterocycles. The van der Waals surface area contributed by atoms with Crippen molar-refractivity contribution >= 4 is 39.8 Å². The molecule has 7 nitrogen and oxygen atoms in total. The normalized spacial score (nSPS) is 19.5. The Kier molecular flexibility index (Phi) is 8.66. The second kappa shape index (κ2) is 9.75. The molecule has 1 atom stereocenters. The van der Waals surface area contributed by atoms with Crippen molar-refractivity contribution in [3.05, 3.63) is 17.0 Å². The third-order valence-electron chi connectivity index (χ3n) is 4.34. The minimum absolute atomic E-state index is 0. The number of halogens is 1. The van der Waals surface area contributed by atoms with Crippen LogP contribution in [0.4, 0.5) is 0 Å². The zero-order chi connectivity index (χ0) is 17.7. The maximum atomic E-state index is 11.6. The van der Waals surface area contributed by atoms with Crippen LogP contribution in [0.5, 0.6) is 0 Å². The Balaban J connectivity index is 0.00000312. The number of rotatable bonds is 6. The molecule has 1 unspecified atom stereocenters. The zero-order valence-corrected chi connectivity index (χ0v) is 18.6. The Morgan fingerprint density at radius 3 is 2.56 bits per heavy atom. The molecule has 144 valence electrons. The van der Waals surface area contributed by atoms with E-state index in [4.69, 9.17) is 0 Å². The molecule has 1 fully saturated rings. The summed E-state index contributed by atoms with van der Waals surface area (Å²) in [5.74, 6) is 1.12. The quantitative estimate of drug-likeness (QED) is 0.363. The van der Waals surface area contributed by atoms with Crippen molar-refractivity contribution in [2.45, 2.75) is 52.6 Å². The highest BCUT2D eigenvalue weighted by Gasteiger charge is 2.28. The molecule has 0 saturated carbocycles. The molecular weight excluding hydrogens is 453 g/mol. The molecule has 1 aromatic heterocycles. The number of hydrogen-bond acceptors (Lipinski definition) is 4. The van der Waals surface area contributed by atoms with Crippen molar-refractivity contribution in [2.24, 2.45) is 12.0 Å². The van der Waals surface area contributed by atoms with Crippen LogP contribution in [0.1, 0.15) is 44.1 Å². The molecule has 0 aliphatic carbocycles. The smallest absolute Gasteiger partial charge is 0.191 e. The average molecular weight is 483 g/mol. The minimum Gasteiger partial charge on any atom is -0.357 e. The number of nitrogens with one attached hydrogen (secondary N) is 2. The van der Waals surface area contributed by atoms with Gasteiger partial charge in [0.05, 0.1) is 23.7 Å². The summed E-state index contributed by atoms with van der Waals surface area (Å²) in [6.07, 6.45) is 2.43. The average Bonchev–Trinajstić information content (AvgIpc) is 3.03. The molecule has 0 bridgehead atoms. The van der Waals surface area contributed by atoms with E-state index in [9.17, 15) is 8.42 Å². The zero-order valence-electron chi connectivity index (χ0n) is 15.5. The number of sulfone groups is 1. The molecule has 0 amide bonds. The summed E-state index contributed by atoms with van der Waals surface area (Å²) < 4.78 is 25.2. The van der Waals surface area contributed by atoms with Gasteiger partial charge in [-0.2, -0.15) is 5.10 Å². The summed E-state index contributed by atoms with van der Waals surface area (Å²) in [6, 6.07) is -0.0574. The van der Waals surface area contributed by atoms with Crippen molar-refractivity contribution in [3.63, 3.8) is 0 Å². The van der Waals surface area contributed by atoms with Crippen LogP contribution >= 0.6 is 24.0 Å². The van der Waals surface area contributed by atoms with Crippen LogP contribution in [0.15, 0.2) is 4.99 Å². The maximum absolute atomic E-state index is 11.6. The maximum Gasteiger partial charge on any atom is 0.191 e. The van der Waals surface area contributed by atoms with Crippen LogP contribution in [0.25, 0.3) is 0 Å². The third-order valence-corrected chi connectivity index (χ3v) is 6.11. The highest BCUT2D eigenvalue weighted by atomic mass is 127. The number of aryl methyl sites for hydroxylation is 2. The van der Waals surface area contributed by atoms with Gasteiger partial charge >= 0.3 is 0 Å². The Labute approximate surface area is 168 Å². The van der Waals surface area contributed by atoms with Gasteiger partial charge in [-0.3, -0.25) is 4.68 Å². The van der Waals surface area contributed by atoms with Crippen molar-refractivity contribution in [1.82, 2.24) is 20.4 Å². The Morgan fingerprint density at radius 1 is 1.32 bits per heavy atom. The number of aliphatic imine (C=N–C) groups is 1. The number of aromatic nitrogens is 2.